The minimum atomic E-state index is -2.29. The van der Waals surface area contributed by atoms with Gasteiger partial charge in [0.15, 0.2) is 36.6 Å². The Kier molecular flexibility index (Phi) is 20.2. The smallest absolute Gasteiger partial charge is 0.196 e. The molecule has 1 aromatic rings. The fourth-order valence-electron chi connectivity index (χ4n) is 6.29. The van der Waals surface area contributed by atoms with Crippen LogP contribution in [0, 0.1) is 35.6 Å². The van der Waals surface area contributed by atoms with Gasteiger partial charge in [0.1, 0.15) is 25.8 Å². The molecule has 6 nitrogen and oxygen atoms in total. The highest BCUT2D eigenvalue weighted by Crippen LogP contribution is 2.46. The monoisotopic (exact) mass is 888 g/mol. The SMILES string of the molecule is C/C(=C\CC(/C=C/c1coc(C)n1)(O[Si](C)(C)C(C)(C)C)O[Si](C)(C)C(C)(C)C)CCCC(C)CC(CC#C[Si](C)(C)C)C(=O)C(C)(C)CCCO[Si](C)(C)C(C)(C)C. The second kappa shape index (κ2) is 21.4. The standard InChI is InChI=1S/C49H93NO5Si4/c1-39(30-33-49(54-58(20,21)46(7,8)9,55-59(22,23)47(10,11)12)34-31-43-38-52-41(3)50-43)27-24-28-40(2)37-42(29-25-36-56(15,16)17)44(51)48(13,14)32-26-35-53-57(18,19)45(4,5)6/h30-31,34,38,40,42H,24,26-29,32-33,35,37H2,1-23H3/b34-31+,39-30+. The maximum atomic E-state index is 14.3. The lowest BCUT2D eigenvalue weighted by Crippen LogP contribution is -2.56. The average molecular weight is 889 g/mol. The molecular weight excluding hydrogens is 795 g/mol. The van der Waals surface area contributed by atoms with Gasteiger partial charge in [-0.25, -0.2) is 4.98 Å². The molecule has 0 amide bonds. The molecule has 0 saturated carbocycles. The molecule has 0 aromatic carbocycles. The van der Waals surface area contributed by atoms with Crippen molar-refractivity contribution in [3.63, 3.8) is 0 Å². The highest BCUT2D eigenvalue weighted by molar-refractivity contribution is 6.83. The summed E-state index contributed by atoms with van der Waals surface area (Å²) < 4.78 is 26.8. The second-order valence-electron chi connectivity index (χ2n) is 24.1. The molecule has 1 heterocycles. The number of hydrogen-bond donors (Lipinski definition) is 0. The van der Waals surface area contributed by atoms with E-state index in [1.165, 1.54) is 5.57 Å². The quantitative estimate of drug-likeness (QED) is 0.0380. The number of aryl methyl sites for hydroxylation is 1. The minimum absolute atomic E-state index is 0.00389. The molecule has 0 spiro atoms. The first-order valence-electron chi connectivity index (χ1n) is 22.7. The Labute approximate surface area is 369 Å². The zero-order valence-corrected chi connectivity index (χ0v) is 46.8. The second-order valence-corrected chi connectivity index (χ2v) is 43.1. The lowest BCUT2D eigenvalue weighted by molar-refractivity contribution is -0.132. The fraction of sp³-hybridized carbons (Fsp3) is 0.796. The minimum Gasteiger partial charge on any atom is -0.449 e. The Balaban J connectivity index is 3.29. The van der Waals surface area contributed by atoms with E-state index in [2.05, 4.69) is 178 Å². The first-order valence-corrected chi connectivity index (χ1v) is 34.9. The number of ketones is 1. The van der Waals surface area contributed by atoms with Crippen LogP contribution in [0.1, 0.15) is 153 Å². The molecule has 1 aromatic heterocycles. The first kappa shape index (κ1) is 55.7. The van der Waals surface area contributed by atoms with Crippen LogP contribution in [0.5, 0.6) is 0 Å². The number of Topliss-reactive ketones (excluding diaryl/α,β-unsaturated/α-hetero) is 1. The molecule has 2 unspecified atom stereocenters. The molecular formula is C49H93NO5Si4. The van der Waals surface area contributed by atoms with Gasteiger partial charge in [0, 0.05) is 37.7 Å². The lowest BCUT2D eigenvalue weighted by Gasteiger charge is -2.49. The van der Waals surface area contributed by atoms with E-state index < -0.39 is 44.2 Å². The van der Waals surface area contributed by atoms with Gasteiger partial charge in [0.25, 0.3) is 0 Å². The molecule has 0 aliphatic rings. The van der Waals surface area contributed by atoms with Gasteiger partial charge < -0.3 is 17.7 Å². The van der Waals surface area contributed by atoms with Gasteiger partial charge in [-0.3, -0.25) is 4.79 Å². The van der Waals surface area contributed by atoms with Crippen molar-refractivity contribution in [3.8, 4) is 11.5 Å². The highest BCUT2D eigenvalue weighted by Gasteiger charge is 2.49. The van der Waals surface area contributed by atoms with Crippen LogP contribution in [0.2, 0.25) is 74.0 Å². The maximum absolute atomic E-state index is 14.3. The van der Waals surface area contributed by atoms with Crippen molar-refractivity contribution in [2.24, 2.45) is 17.3 Å². The molecule has 0 fully saturated rings. The van der Waals surface area contributed by atoms with Crippen LogP contribution in [0.4, 0.5) is 0 Å². The van der Waals surface area contributed by atoms with Crippen molar-refractivity contribution in [1.82, 2.24) is 4.98 Å². The molecule has 340 valence electrons. The predicted molar refractivity (Wildman–Crippen MR) is 266 cm³/mol. The Morgan fingerprint density at radius 3 is 1.81 bits per heavy atom. The number of nitrogens with zero attached hydrogens (tertiary/aromatic N) is 1. The van der Waals surface area contributed by atoms with Crippen LogP contribution < -0.4 is 0 Å². The zero-order valence-electron chi connectivity index (χ0n) is 42.8. The summed E-state index contributed by atoms with van der Waals surface area (Å²) in [6, 6.07) is 0. The highest BCUT2D eigenvalue weighted by atomic mass is 28.4. The Bertz CT molecular complexity index is 1570. The van der Waals surface area contributed by atoms with Crippen LogP contribution in [-0.2, 0) is 18.1 Å². The Hall–Kier alpha value is -1.33. The van der Waals surface area contributed by atoms with Crippen LogP contribution in [0.25, 0.3) is 6.08 Å². The molecule has 0 aliphatic heterocycles. The topological polar surface area (TPSA) is 70.8 Å². The number of carbonyl (C=O) groups excluding carboxylic acids is 1. The van der Waals surface area contributed by atoms with Crippen molar-refractivity contribution >= 4 is 44.9 Å². The molecule has 0 aliphatic carbocycles. The van der Waals surface area contributed by atoms with Crippen LogP contribution >= 0.6 is 0 Å². The molecule has 2 atom stereocenters. The van der Waals surface area contributed by atoms with E-state index in [0.29, 0.717) is 30.4 Å². The van der Waals surface area contributed by atoms with Gasteiger partial charge >= 0.3 is 0 Å². The van der Waals surface area contributed by atoms with Crippen molar-refractivity contribution in [2.45, 2.75) is 228 Å². The largest absolute Gasteiger partial charge is 0.449 e. The number of hydrogen-bond acceptors (Lipinski definition) is 6. The van der Waals surface area contributed by atoms with Crippen molar-refractivity contribution in [3.05, 3.63) is 35.6 Å². The summed E-state index contributed by atoms with van der Waals surface area (Å²) in [4.78, 5) is 18.9. The number of oxazole rings is 1. The third kappa shape index (κ3) is 18.9. The average Bonchev–Trinajstić information content (AvgIpc) is 3.46. The molecule has 59 heavy (non-hydrogen) atoms. The third-order valence-electron chi connectivity index (χ3n) is 13.4. The lowest BCUT2D eigenvalue weighted by atomic mass is 9.74. The van der Waals surface area contributed by atoms with Gasteiger partial charge in [-0.15, -0.1) is 11.5 Å². The predicted octanol–water partition coefficient (Wildman–Crippen LogP) is 15.6. The number of allylic oxidation sites excluding steroid dienone is 1. The molecule has 0 saturated heterocycles. The van der Waals surface area contributed by atoms with E-state index >= 15 is 0 Å². The van der Waals surface area contributed by atoms with E-state index in [4.69, 9.17) is 17.7 Å². The molecule has 1 rings (SSSR count). The first-order chi connectivity index (χ1) is 26.4. The number of aromatic nitrogens is 1. The van der Waals surface area contributed by atoms with E-state index in [9.17, 15) is 4.79 Å². The zero-order chi connectivity index (χ0) is 46.1. The Morgan fingerprint density at radius 2 is 1.36 bits per heavy atom. The summed E-state index contributed by atoms with van der Waals surface area (Å²) in [5, 5.41) is 0.174. The summed E-state index contributed by atoms with van der Waals surface area (Å²) in [5.41, 5.74) is 5.24. The van der Waals surface area contributed by atoms with Gasteiger partial charge in [-0.2, -0.15) is 0 Å². The van der Waals surface area contributed by atoms with E-state index in [-0.39, 0.29) is 21.0 Å². The van der Waals surface area contributed by atoms with Crippen LogP contribution in [0.15, 0.2) is 28.4 Å². The van der Waals surface area contributed by atoms with E-state index in [1.807, 2.05) is 13.0 Å². The van der Waals surface area contributed by atoms with E-state index in [0.717, 1.165) is 50.8 Å². The molecule has 10 heteroatoms. The fourth-order valence-corrected chi connectivity index (χ4v) is 10.8. The van der Waals surface area contributed by atoms with Gasteiger partial charge in [-0.05, 0) is 111 Å². The molecule has 0 N–H and O–H groups in total. The summed E-state index contributed by atoms with van der Waals surface area (Å²) in [6.07, 6.45) is 15.2. The van der Waals surface area contributed by atoms with E-state index in [1.54, 1.807) is 6.26 Å². The molecule has 0 bridgehead atoms. The van der Waals surface area contributed by atoms with Gasteiger partial charge in [0.05, 0.1) is 0 Å². The summed E-state index contributed by atoms with van der Waals surface area (Å²) in [7, 11) is -7.95. The van der Waals surface area contributed by atoms with Gasteiger partial charge in [0.2, 0.25) is 0 Å². The summed E-state index contributed by atoms with van der Waals surface area (Å²) in [6.45, 7) is 52.7. The summed E-state index contributed by atoms with van der Waals surface area (Å²) in [5.74, 6) is 3.92. The number of rotatable bonds is 22. The van der Waals surface area contributed by atoms with Crippen molar-refractivity contribution < 1.29 is 22.5 Å². The number of carbonyl (C=O) groups is 1. The van der Waals surface area contributed by atoms with Crippen LogP contribution in [0.3, 0.4) is 0 Å². The molecule has 0 radical (unpaired) electrons. The third-order valence-corrected chi connectivity index (χ3v) is 27.8. The normalized spacial score (nSPS) is 15.7. The Morgan fingerprint density at radius 1 is 0.831 bits per heavy atom. The van der Waals surface area contributed by atoms with Crippen molar-refractivity contribution in [2.75, 3.05) is 6.61 Å². The van der Waals surface area contributed by atoms with Crippen LogP contribution in [-0.4, -0.2) is 56.2 Å². The van der Waals surface area contributed by atoms with Crippen molar-refractivity contribution in [1.29, 1.82) is 0 Å². The summed E-state index contributed by atoms with van der Waals surface area (Å²) >= 11 is 0. The maximum Gasteiger partial charge on any atom is 0.196 e. The van der Waals surface area contributed by atoms with Gasteiger partial charge in [-0.1, -0.05) is 121 Å².